The zero-order chi connectivity index (χ0) is 25.7. The van der Waals surface area contributed by atoms with E-state index in [2.05, 4.69) is 26.6 Å². The molecule has 36 heavy (non-hydrogen) atoms. The fraction of sp³-hybridized carbons (Fsp3) is 0.280. The summed E-state index contributed by atoms with van der Waals surface area (Å²) in [6.45, 7) is 3.53. The van der Waals surface area contributed by atoms with E-state index in [1.807, 2.05) is 19.1 Å². The first-order valence-corrected chi connectivity index (χ1v) is 12.1. The molecule has 0 atom stereocenters. The first-order chi connectivity index (χ1) is 17.3. The van der Waals surface area contributed by atoms with E-state index >= 15 is 0 Å². The van der Waals surface area contributed by atoms with Crippen LogP contribution in [0.15, 0.2) is 52.6 Å². The van der Waals surface area contributed by atoms with E-state index in [0.717, 1.165) is 10.5 Å². The molecule has 5 amide bonds. The maximum absolute atomic E-state index is 12.7. The lowest BCUT2D eigenvalue weighted by atomic mass is 10.2. The van der Waals surface area contributed by atoms with Gasteiger partial charge in [0.15, 0.2) is 6.61 Å². The number of urea groups is 1. The number of aryl methyl sites for hydroxylation is 1. The topological polar surface area (TPSA) is 117 Å². The predicted octanol–water partition coefficient (Wildman–Crippen LogP) is 2.53. The van der Waals surface area contributed by atoms with Crippen LogP contribution in [0.2, 0.25) is 0 Å². The first kappa shape index (κ1) is 25.4. The fourth-order valence-corrected chi connectivity index (χ4v) is 4.14. The molecule has 2 aromatic rings. The number of ether oxygens (including phenoxy) is 2. The van der Waals surface area contributed by atoms with Crippen LogP contribution in [-0.2, 0) is 19.1 Å². The van der Waals surface area contributed by atoms with Crippen LogP contribution >= 0.6 is 15.9 Å². The minimum Gasteiger partial charge on any atom is -0.483 e. The smallest absolute Gasteiger partial charge is 0.329 e. The lowest BCUT2D eigenvalue weighted by Crippen LogP contribution is -2.43. The molecule has 2 fully saturated rings. The summed E-state index contributed by atoms with van der Waals surface area (Å²) in [5, 5.41) is 5.17. The SMILES string of the molecule is Cc1ccc(NC(=O)CN2C(=O)N/C(=C\c3ccc(OCC(=O)N4CCOCC4)c(Br)c3)C2=O)cc1. The number of hydrogen-bond acceptors (Lipinski definition) is 6. The molecule has 11 heteroatoms. The molecule has 0 aromatic heterocycles. The van der Waals surface area contributed by atoms with E-state index in [4.69, 9.17) is 9.47 Å². The summed E-state index contributed by atoms with van der Waals surface area (Å²) in [6.07, 6.45) is 1.51. The Labute approximate surface area is 216 Å². The standard InChI is InChI=1S/C25H25BrN4O6/c1-16-2-5-18(6-3-16)27-22(31)14-30-24(33)20(28-25(30)34)13-17-4-7-21(19(26)12-17)36-15-23(32)29-8-10-35-11-9-29/h2-7,12-13H,8-11,14-15H2,1H3,(H,27,31)(H,28,34)/b20-13-. The number of morpholine rings is 1. The highest BCUT2D eigenvalue weighted by atomic mass is 79.9. The predicted molar refractivity (Wildman–Crippen MR) is 135 cm³/mol. The number of carbonyl (C=O) groups excluding carboxylic acids is 4. The van der Waals surface area contributed by atoms with Crippen LogP contribution in [0, 0.1) is 6.92 Å². The summed E-state index contributed by atoms with van der Waals surface area (Å²) in [5.41, 5.74) is 2.28. The molecular weight excluding hydrogens is 532 g/mol. The Bertz CT molecular complexity index is 1210. The Hall–Kier alpha value is -3.70. The molecular formula is C25H25BrN4O6. The van der Waals surface area contributed by atoms with Crippen molar-refractivity contribution < 1.29 is 28.7 Å². The van der Waals surface area contributed by atoms with Crippen molar-refractivity contribution in [2.45, 2.75) is 6.92 Å². The van der Waals surface area contributed by atoms with Gasteiger partial charge < -0.3 is 25.0 Å². The summed E-state index contributed by atoms with van der Waals surface area (Å²) in [7, 11) is 0. The van der Waals surface area contributed by atoms with Crippen molar-refractivity contribution in [3.63, 3.8) is 0 Å². The van der Waals surface area contributed by atoms with Gasteiger partial charge in [-0.1, -0.05) is 23.8 Å². The van der Waals surface area contributed by atoms with Gasteiger partial charge in [-0.2, -0.15) is 0 Å². The molecule has 2 N–H and O–H groups in total. The summed E-state index contributed by atoms with van der Waals surface area (Å²) in [4.78, 5) is 52.2. The average Bonchev–Trinajstić information content (AvgIpc) is 3.12. The second-order valence-electron chi connectivity index (χ2n) is 8.27. The van der Waals surface area contributed by atoms with Gasteiger partial charge >= 0.3 is 6.03 Å². The number of hydrogen-bond donors (Lipinski definition) is 2. The third kappa shape index (κ3) is 6.29. The molecule has 2 aromatic carbocycles. The van der Waals surface area contributed by atoms with Crippen LogP contribution < -0.4 is 15.4 Å². The molecule has 2 saturated heterocycles. The summed E-state index contributed by atoms with van der Waals surface area (Å²) < 4.78 is 11.5. The Morgan fingerprint density at radius 2 is 1.86 bits per heavy atom. The third-order valence-corrected chi connectivity index (χ3v) is 6.20. The van der Waals surface area contributed by atoms with Crippen molar-refractivity contribution in [3.05, 3.63) is 63.8 Å². The number of nitrogens with zero attached hydrogens (tertiary/aromatic N) is 2. The van der Waals surface area contributed by atoms with Crippen LogP contribution in [0.3, 0.4) is 0 Å². The van der Waals surface area contributed by atoms with Gasteiger partial charge in [0.25, 0.3) is 11.8 Å². The molecule has 10 nitrogen and oxygen atoms in total. The van der Waals surface area contributed by atoms with Crippen molar-refractivity contribution in [2.75, 3.05) is 44.8 Å². The van der Waals surface area contributed by atoms with E-state index in [9.17, 15) is 19.2 Å². The highest BCUT2D eigenvalue weighted by Gasteiger charge is 2.35. The molecule has 0 radical (unpaired) electrons. The molecule has 2 aliphatic rings. The largest absolute Gasteiger partial charge is 0.483 e. The van der Waals surface area contributed by atoms with Gasteiger partial charge in [0, 0.05) is 18.8 Å². The van der Waals surface area contributed by atoms with E-state index in [1.165, 1.54) is 6.08 Å². The number of rotatable bonds is 7. The first-order valence-electron chi connectivity index (χ1n) is 11.3. The number of amides is 5. The third-order valence-electron chi connectivity index (χ3n) is 5.58. The summed E-state index contributed by atoms with van der Waals surface area (Å²) in [5.74, 6) is -0.747. The minimum absolute atomic E-state index is 0.0474. The minimum atomic E-state index is -0.675. The Morgan fingerprint density at radius 3 is 2.56 bits per heavy atom. The van der Waals surface area contributed by atoms with E-state index in [-0.39, 0.29) is 18.2 Å². The van der Waals surface area contributed by atoms with Gasteiger partial charge in [-0.3, -0.25) is 14.4 Å². The van der Waals surface area contributed by atoms with E-state index in [1.54, 1.807) is 35.2 Å². The maximum Gasteiger partial charge on any atom is 0.329 e. The Morgan fingerprint density at radius 1 is 1.14 bits per heavy atom. The maximum atomic E-state index is 12.7. The van der Waals surface area contributed by atoms with Crippen LogP contribution in [-0.4, -0.2) is 73.0 Å². The van der Waals surface area contributed by atoms with Crippen molar-refractivity contribution >= 4 is 51.4 Å². The van der Waals surface area contributed by atoms with Crippen molar-refractivity contribution in [1.82, 2.24) is 15.1 Å². The lowest BCUT2D eigenvalue weighted by molar-refractivity contribution is -0.137. The molecule has 4 rings (SSSR count). The molecule has 0 unspecified atom stereocenters. The fourth-order valence-electron chi connectivity index (χ4n) is 3.63. The highest BCUT2D eigenvalue weighted by Crippen LogP contribution is 2.27. The number of carbonyl (C=O) groups is 4. The Balaban J connectivity index is 1.35. The molecule has 0 aliphatic carbocycles. The second kappa shape index (κ2) is 11.4. The van der Waals surface area contributed by atoms with Gasteiger partial charge in [0.05, 0.1) is 17.7 Å². The molecule has 2 heterocycles. The van der Waals surface area contributed by atoms with Crippen LogP contribution in [0.4, 0.5) is 10.5 Å². The zero-order valence-electron chi connectivity index (χ0n) is 19.6. The average molecular weight is 557 g/mol. The second-order valence-corrected chi connectivity index (χ2v) is 9.12. The van der Waals surface area contributed by atoms with Crippen LogP contribution in [0.1, 0.15) is 11.1 Å². The molecule has 0 saturated carbocycles. The zero-order valence-corrected chi connectivity index (χ0v) is 21.2. The molecule has 0 spiro atoms. The highest BCUT2D eigenvalue weighted by molar-refractivity contribution is 9.10. The molecule has 0 bridgehead atoms. The number of nitrogens with one attached hydrogen (secondary N) is 2. The number of benzene rings is 2. The van der Waals surface area contributed by atoms with Crippen LogP contribution in [0.25, 0.3) is 6.08 Å². The van der Waals surface area contributed by atoms with E-state index < -0.39 is 24.4 Å². The van der Waals surface area contributed by atoms with Crippen LogP contribution in [0.5, 0.6) is 5.75 Å². The summed E-state index contributed by atoms with van der Waals surface area (Å²) >= 11 is 3.42. The van der Waals surface area contributed by atoms with Gasteiger partial charge in [-0.05, 0) is 58.8 Å². The monoisotopic (exact) mass is 556 g/mol. The Kier molecular flexibility index (Phi) is 8.01. The van der Waals surface area contributed by atoms with Gasteiger partial charge in [-0.15, -0.1) is 0 Å². The van der Waals surface area contributed by atoms with Gasteiger partial charge in [0.1, 0.15) is 18.0 Å². The number of anilines is 1. The van der Waals surface area contributed by atoms with Crippen molar-refractivity contribution in [1.29, 1.82) is 0 Å². The number of imide groups is 1. The van der Waals surface area contributed by atoms with Gasteiger partial charge in [0.2, 0.25) is 5.91 Å². The molecule has 188 valence electrons. The van der Waals surface area contributed by atoms with Crippen molar-refractivity contribution in [2.24, 2.45) is 0 Å². The molecule has 2 aliphatic heterocycles. The van der Waals surface area contributed by atoms with Crippen molar-refractivity contribution in [3.8, 4) is 5.75 Å². The van der Waals surface area contributed by atoms with E-state index in [0.29, 0.717) is 47.8 Å². The quantitative estimate of drug-likeness (QED) is 0.399. The number of halogens is 1. The summed E-state index contributed by atoms with van der Waals surface area (Å²) in [6, 6.07) is 11.6. The van der Waals surface area contributed by atoms with Gasteiger partial charge in [-0.25, -0.2) is 9.69 Å². The normalized spacial score (nSPS) is 16.8. The lowest BCUT2D eigenvalue weighted by Gasteiger charge is -2.26.